The zero-order valence-electron chi connectivity index (χ0n) is 17.7. The molecule has 0 aliphatic heterocycles. The van der Waals surface area contributed by atoms with Crippen molar-refractivity contribution in [3.05, 3.63) is 50.3 Å². The van der Waals surface area contributed by atoms with Gasteiger partial charge in [-0.05, 0) is 31.7 Å². The molecule has 0 N–H and O–H groups in total. The minimum Gasteiger partial charge on any atom is -0.314 e. The van der Waals surface area contributed by atoms with Crippen LogP contribution in [0.2, 0.25) is 0 Å². The maximum atomic E-state index is 13.1. The van der Waals surface area contributed by atoms with Gasteiger partial charge in [-0.15, -0.1) is 23.2 Å². The number of nitrogens with zero attached hydrogens (tertiary/aromatic N) is 3. The third kappa shape index (κ3) is 5.10. The molecule has 0 saturated heterocycles. The second-order valence-corrected chi connectivity index (χ2v) is 8.44. The molecule has 0 unspecified atom stereocenters. The average Bonchev–Trinajstić information content (AvgIpc) is 2.81. The number of halogens is 2. The Balaban J connectivity index is 2.16. The summed E-state index contributed by atoms with van der Waals surface area (Å²) in [4.78, 5) is 54.0. The van der Waals surface area contributed by atoms with Gasteiger partial charge < -0.3 is 9.13 Å². The standard InChI is InChI=1S/C23H25Cl2N3O4/c24-7-3-1-5-9-27-12-16(14-29)20-18(22(27)31)11-19-21(26-20)17(15-30)13-28(23(19)32)10-6-2-4-8-25/h11-15H,1-10H2. The fourth-order valence-electron chi connectivity index (χ4n) is 3.78. The molecular weight excluding hydrogens is 453 g/mol. The Labute approximate surface area is 195 Å². The molecule has 0 amide bonds. The van der Waals surface area contributed by atoms with Crippen LogP contribution in [0.4, 0.5) is 0 Å². The third-order valence-electron chi connectivity index (χ3n) is 5.46. The molecule has 0 saturated carbocycles. The minimum atomic E-state index is -0.324. The van der Waals surface area contributed by atoms with Crippen LogP contribution in [0.25, 0.3) is 21.8 Å². The van der Waals surface area contributed by atoms with E-state index in [1.165, 1.54) is 27.6 Å². The van der Waals surface area contributed by atoms with E-state index in [9.17, 15) is 19.2 Å². The van der Waals surface area contributed by atoms with Crippen LogP contribution in [0, 0.1) is 0 Å². The highest BCUT2D eigenvalue weighted by molar-refractivity contribution is 6.18. The number of hydrogen-bond acceptors (Lipinski definition) is 5. The van der Waals surface area contributed by atoms with Gasteiger partial charge in [0, 0.05) is 37.2 Å². The summed E-state index contributed by atoms with van der Waals surface area (Å²) in [5.41, 5.74) is 0.210. The maximum Gasteiger partial charge on any atom is 0.260 e. The van der Waals surface area contributed by atoms with Crippen LogP contribution >= 0.6 is 23.2 Å². The first-order valence-corrected chi connectivity index (χ1v) is 11.8. The molecule has 0 bridgehead atoms. The number of aromatic nitrogens is 3. The summed E-state index contributed by atoms with van der Waals surface area (Å²) < 4.78 is 2.95. The SMILES string of the molecule is O=Cc1cn(CCCCCCl)c(=O)c2cc3c(=O)n(CCCCCCl)cc(C=O)c3nc12. The fraction of sp³-hybridized carbons (Fsp3) is 0.435. The van der Waals surface area contributed by atoms with Crippen LogP contribution in [0.5, 0.6) is 0 Å². The van der Waals surface area contributed by atoms with Crippen LogP contribution in [0.1, 0.15) is 59.2 Å². The Morgan fingerprint density at radius 3 is 1.53 bits per heavy atom. The summed E-state index contributed by atoms with van der Waals surface area (Å²) in [6.07, 6.45) is 9.11. The quantitative estimate of drug-likeness (QED) is 0.169. The van der Waals surface area contributed by atoms with Crippen LogP contribution in [-0.4, -0.2) is 38.5 Å². The number of alkyl halides is 2. The molecule has 0 spiro atoms. The number of aryl methyl sites for hydroxylation is 2. The van der Waals surface area contributed by atoms with Gasteiger partial charge in [-0.25, -0.2) is 4.98 Å². The van der Waals surface area contributed by atoms with Gasteiger partial charge in [0.2, 0.25) is 0 Å². The monoisotopic (exact) mass is 477 g/mol. The molecule has 170 valence electrons. The van der Waals surface area contributed by atoms with Gasteiger partial charge in [0.05, 0.1) is 32.9 Å². The summed E-state index contributed by atoms with van der Waals surface area (Å²) in [5.74, 6) is 1.11. The number of pyridine rings is 3. The molecule has 0 aromatic carbocycles. The number of unbranched alkanes of at least 4 members (excludes halogenated alkanes) is 4. The number of fused-ring (bicyclic) bond motifs is 2. The lowest BCUT2D eigenvalue weighted by molar-refractivity contribution is 0.111. The number of carbonyl (C=O) groups is 2. The van der Waals surface area contributed by atoms with Gasteiger partial charge in [-0.3, -0.25) is 19.2 Å². The maximum absolute atomic E-state index is 13.1. The molecule has 0 fully saturated rings. The summed E-state index contributed by atoms with van der Waals surface area (Å²) in [6.45, 7) is 0.868. The molecule has 7 nitrogen and oxygen atoms in total. The van der Waals surface area contributed by atoms with Crippen LogP contribution < -0.4 is 11.1 Å². The Bertz CT molecular complexity index is 1160. The summed E-state index contributed by atoms with van der Waals surface area (Å²) in [6, 6.07) is 1.47. The molecule has 32 heavy (non-hydrogen) atoms. The fourth-order valence-corrected chi connectivity index (χ4v) is 4.15. The number of aldehydes is 2. The van der Waals surface area contributed by atoms with E-state index in [0.717, 1.165) is 38.5 Å². The number of hydrogen-bond donors (Lipinski definition) is 0. The van der Waals surface area contributed by atoms with Gasteiger partial charge in [0.1, 0.15) is 0 Å². The largest absolute Gasteiger partial charge is 0.314 e. The first-order valence-electron chi connectivity index (χ1n) is 10.7. The van der Waals surface area contributed by atoms with Crippen molar-refractivity contribution in [2.45, 2.75) is 51.6 Å². The van der Waals surface area contributed by atoms with E-state index >= 15 is 0 Å². The Morgan fingerprint density at radius 2 is 1.16 bits per heavy atom. The third-order valence-corrected chi connectivity index (χ3v) is 6.00. The highest BCUT2D eigenvalue weighted by atomic mass is 35.5. The first kappa shape index (κ1) is 24.1. The van der Waals surface area contributed by atoms with Crippen molar-refractivity contribution in [3.8, 4) is 0 Å². The van der Waals surface area contributed by atoms with Crippen molar-refractivity contribution < 1.29 is 9.59 Å². The van der Waals surface area contributed by atoms with E-state index in [2.05, 4.69) is 4.98 Å². The molecule has 0 radical (unpaired) electrons. The first-order chi connectivity index (χ1) is 15.5. The smallest absolute Gasteiger partial charge is 0.260 e. The topological polar surface area (TPSA) is 91.0 Å². The van der Waals surface area contributed by atoms with Crippen molar-refractivity contribution in [2.24, 2.45) is 0 Å². The van der Waals surface area contributed by atoms with E-state index in [4.69, 9.17) is 23.2 Å². The molecule has 3 heterocycles. The summed E-state index contributed by atoms with van der Waals surface area (Å²) in [7, 11) is 0. The second-order valence-electron chi connectivity index (χ2n) is 7.68. The molecule has 0 aliphatic carbocycles. The van der Waals surface area contributed by atoms with Gasteiger partial charge in [0.25, 0.3) is 11.1 Å². The molecule has 9 heteroatoms. The number of rotatable bonds is 12. The Morgan fingerprint density at radius 1 is 0.719 bits per heavy atom. The molecule has 3 aromatic rings. The highest BCUT2D eigenvalue weighted by Gasteiger charge is 2.16. The van der Waals surface area contributed by atoms with Crippen molar-refractivity contribution in [1.29, 1.82) is 0 Å². The van der Waals surface area contributed by atoms with Crippen molar-refractivity contribution in [1.82, 2.24) is 14.1 Å². The van der Waals surface area contributed by atoms with E-state index < -0.39 is 0 Å². The van der Waals surface area contributed by atoms with Crippen LogP contribution in [0.15, 0.2) is 28.0 Å². The second kappa shape index (κ2) is 11.4. The molecule has 0 atom stereocenters. The van der Waals surface area contributed by atoms with Gasteiger partial charge in [-0.1, -0.05) is 12.8 Å². The normalized spacial score (nSPS) is 11.3. The lowest BCUT2D eigenvalue weighted by Crippen LogP contribution is -2.24. The van der Waals surface area contributed by atoms with E-state index in [1.807, 2.05) is 0 Å². The van der Waals surface area contributed by atoms with Crippen LogP contribution in [0.3, 0.4) is 0 Å². The van der Waals surface area contributed by atoms with Crippen molar-refractivity contribution in [2.75, 3.05) is 11.8 Å². The van der Waals surface area contributed by atoms with Crippen molar-refractivity contribution >= 4 is 57.6 Å². The Kier molecular flexibility index (Phi) is 8.59. The van der Waals surface area contributed by atoms with Gasteiger partial charge in [0.15, 0.2) is 12.6 Å². The zero-order chi connectivity index (χ0) is 23.1. The predicted molar refractivity (Wildman–Crippen MR) is 128 cm³/mol. The van der Waals surface area contributed by atoms with E-state index in [-0.39, 0.29) is 44.1 Å². The molecule has 0 aliphatic rings. The molecule has 3 aromatic heterocycles. The lowest BCUT2D eigenvalue weighted by atomic mass is 10.1. The van der Waals surface area contributed by atoms with E-state index in [0.29, 0.717) is 37.4 Å². The zero-order valence-corrected chi connectivity index (χ0v) is 19.2. The minimum absolute atomic E-state index is 0.188. The Hall–Kier alpha value is -2.51. The predicted octanol–water partition coefficient (Wildman–Crippen LogP) is 4.15. The average molecular weight is 478 g/mol. The van der Waals surface area contributed by atoms with Crippen molar-refractivity contribution in [3.63, 3.8) is 0 Å². The van der Waals surface area contributed by atoms with Crippen LogP contribution in [-0.2, 0) is 13.1 Å². The molecular formula is C23H25Cl2N3O4. The lowest BCUT2D eigenvalue weighted by Gasteiger charge is -2.12. The summed E-state index contributed by atoms with van der Waals surface area (Å²) in [5, 5.41) is 0.376. The van der Waals surface area contributed by atoms with E-state index in [1.54, 1.807) is 0 Å². The highest BCUT2D eigenvalue weighted by Crippen LogP contribution is 2.20. The number of carbonyl (C=O) groups excluding carboxylic acids is 2. The summed E-state index contributed by atoms with van der Waals surface area (Å²) >= 11 is 11.4. The molecule has 3 rings (SSSR count). The van der Waals surface area contributed by atoms with Gasteiger partial charge in [-0.2, -0.15) is 0 Å². The van der Waals surface area contributed by atoms with Gasteiger partial charge >= 0.3 is 0 Å².